The van der Waals surface area contributed by atoms with Gasteiger partial charge in [-0.2, -0.15) is 13.2 Å². The van der Waals surface area contributed by atoms with E-state index in [1.54, 1.807) is 6.26 Å². The summed E-state index contributed by atoms with van der Waals surface area (Å²) < 4.78 is 48.8. The van der Waals surface area contributed by atoms with Crippen LogP contribution in [0.25, 0.3) is 0 Å². The van der Waals surface area contributed by atoms with E-state index in [1.165, 1.54) is 44.9 Å². The van der Waals surface area contributed by atoms with E-state index in [0.717, 1.165) is 48.3 Å². The molecule has 0 aromatic heterocycles. The Balaban J connectivity index is 1.49. The fourth-order valence-electron chi connectivity index (χ4n) is 9.86. The molecule has 0 radical (unpaired) electrons. The molecule has 1 unspecified atom stereocenters. The summed E-state index contributed by atoms with van der Waals surface area (Å²) in [6.45, 7) is 12.1. The number of ether oxygens (including phenoxy) is 1. The fourth-order valence-corrected chi connectivity index (χ4v) is 10.3. The summed E-state index contributed by atoms with van der Waals surface area (Å²) in [6.07, 6.45) is 9.19. The SMILES string of the molecule is CSC(=S)O[C@]1(C(F)(F)F)CC[C@@]2(C)C(CC[C@H]3[C@@H]4CC[C@H]([C@H](C)CCCC(C)C)[C@@]4(C)CC[C@@H]32)C1. The summed E-state index contributed by atoms with van der Waals surface area (Å²) in [4.78, 5) is 0. The predicted molar refractivity (Wildman–Crippen MR) is 149 cm³/mol. The van der Waals surface area contributed by atoms with Crippen molar-refractivity contribution < 1.29 is 17.9 Å². The van der Waals surface area contributed by atoms with Gasteiger partial charge >= 0.3 is 6.18 Å². The second-order valence-electron chi connectivity index (χ2n) is 13.9. The van der Waals surface area contributed by atoms with E-state index < -0.39 is 11.8 Å². The van der Waals surface area contributed by atoms with Crippen LogP contribution in [0, 0.1) is 52.3 Å². The van der Waals surface area contributed by atoms with Crippen LogP contribution in [0.3, 0.4) is 0 Å². The number of hydrogen-bond acceptors (Lipinski definition) is 3. The highest BCUT2D eigenvalue weighted by atomic mass is 32.2. The maximum Gasteiger partial charge on any atom is 0.428 e. The molecule has 208 valence electrons. The van der Waals surface area contributed by atoms with E-state index in [1.807, 2.05) is 0 Å². The molecule has 6 heteroatoms. The van der Waals surface area contributed by atoms with Gasteiger partial charge < -0.3 is 4.74 Å². The Morgan fingerprint density at radius 1 is 0.944 bits per heavy atom. The summed E-state index contributed by atoms with van der Waals surface area (Å²) in [5.74, 6) is 4.43. The first-order chi connectivity index (χ1) is 16.8. The van der Waals surface area contributed by atoms with Crippen molar-refractivity contribution in [3.05, 3.63) is 0 Å². The standard InChI is InChI=1S/C30H49F3OS2/c1-19(2)8-7-9-20(3)23-12-13-24-22-11-10-21-18-29(30(31,32)33,34-26(35)36-6)17-16-27(21,4)25(22)14-15-28(23,24)5/h19-25H,7-18H2,1-6H3/t20-,21?,22+,23-,24+,25+,27+,28-,29-/m1/s1. The molecule has 4 aliphatic rings. The van der Waals surface area contributed by atoms with Gasteiger partial charge in [-0.15, -0.1) is 0 Å². The largest absolute Gasteiger partial charge is 0.462 e. The first kappa shape index (κ1) is 29.0. The third-order valence-corrected chi connectivity index (χ3v) is 12.9. The Labute approximate surface area is 227 Å². The van der Waals surface area contributed by atoms with Gasteiger partial charge in [-0.3, -0.25) is 0 Å². The van der Waals surface area contributed by atoms with Gasteiger partial charge in [0.15, 0.2) is 0 Å². The zero-order valence-corrected chi connectivity index (χ0v) is 25.0. The van der Waals surface area contributed by atoms with Crippen molar-refractivity contribution in [1.29, 1.82) is 0 Å². The zero-order chi connectivity index (χ0) is 26.5. The highest BCUT2D eigenvalue weighted by Gasteiger charge is 2.67. The van der Waals surface area contributed by atoms with Gasteiger partial charge in [0.25, 0.3) is 0 Å². The fraction of sp³-hybridized carbons (Fsp3) is 0.967. The molecule has 0 spiro atoms. The van der Waals surface area contributed by atoms with Gasteiger partial charge in [0.05, 0.1) is 0 Å². The molecular formula is C30H49F3OS2. The molecule has 0 aromatic carbocycles. The monoisotopic (exact) mass is 546 g/mol. The molecule has 0 heterocycles. The lowest BCUT2D eigenvalue weighted by Gasteiger charge is -2.62. The number of thiocarbonyl (C=S) groups is 1. The highest BCUT2D eigenvalue weighted by Crippen LogP contribution is 2.69. The number of fused-ring (bicyclic) bond motifs is 5. The second-order valence-corrected chi connectivity index (χ2v) is 15.3. The lowest BCUT2D eigenvalue weighted by atomic mass is 9.43. The molecule has 1 nitrogen and oxygen atoms in total. The molecular weight excluding hydrogens is 497 g/mol. The van der Waals surface area contributed by atoms with Crippen molar-refractivity contribution in [3.8, 4) is 0 Å². The van der Waals surface area contributed by atoms with E-state index in [2.05, 4.69) is 34.6 Å². The van der Waals surface area contributed by atoms with Crippen molar-refractivity contribution in [2.75, 3.05) is 6.26 Å². The van der Waals surface area contributed by atoms with Crippen LogP contribution in [0.2, 0.25) is 0 Å². The van der Waals surface area contributed by atoms with Gasteiger partial charge in [-0.1, -0.05) is 65.6 Å². The van der Waals surface area contributed by atoms with Crippen LogP contribution in [-0.4, -0.2) is 22.4 Å². The van der Waals surface area contributed by atoms with Crippen molar-refractivity contribution in [2.24, 2.45) is 52.3 Å². The molecule has 0 N–H and O–H groups in total. The summed E-state index contributed by atoms with van der Waals surface area (Å²) in [7, 11) is 0. The molecule has 0 amide bonds. The molecule has 0 aliphatic heterocycles. The maximum atomic E-state index is 14.4. The molecule has 9 atom stereocenters. The van der Waals surface area contributed by atoms with Gasteiger partial charge in [-0.05, 0) is 129 Å². The molecule has 4 saturated carbocycles. The van der Waals surface area contributed by atoms with Crippen LogP contribution >= 0.6 is 24.0 Å². The topological polar surface area (TPSA) is 9.23 Å². The number of halogens is 3. The molecule has 4 rings (SSSR count). The van der Waals surface area contributed by atoms with E-state index in [0.29, 0.717) is 23.7 Å². The molecule has 4 aliphatic carbocycles. The normalized spacial score (nSPS) is 43.4. The minimum Gasteiger partial charge on any atom is -0.462 e. The van der Waals surface area contributed by atoms with Crippen LogP contribution < -0.4 is 0 Å². The van der Waals surface area contributed by atoms with Crippen molar-refractivity contribution in [2.45, 2.75) is 123 Å². The number of hydrogen-bond donors (Lipinski definition) is 0. The number of alkyl halides is 3. The Kier molecular flexibility index (Phi) is 8.50. The van der Waals surface area contributed by atoms with Crippen molar-refractivity contribution >= 4 is 28.4 Å². The van der Waals surface area contributed by atoms with Gasteiger partial charge in [0.2, 0.25) is 9.98 Å². The minimum atomic E-state index is -4.39. The van der Waals surface area contributed by atoms with E-state index in [-0.39, 0.29) is 28.6 Å². The van der Waals surface area contributed by atoms with Gasteiger partial charge in [0.1, 0.15) is 0 Å². The first-order valence-corrected chi connectivity index (χ1v) is 16.2. The second kappa shape index (κ2) is 10.5. The average molecular weight is 547 g/mol. The van der Waals surface area contributed by atoms with Gasteiger partial charge in [0, 0.05) is 0 Å². The zero-order valence-electron chi connectivity index (χ0n) is 23.4. The summed E-state index contributed by atoms with van der Waals surface area (Å²) >= 11 is 6.23. The molecule has 0 saturated heterocycles. The summed E-state index contributed by atoms with van der Waals surface area (Å²) in [5.41, 5.74) is -1.69. The van der Waals surface area contributed by atoms with Crippen molar-refractivity contribution in [3.63, 3.8) is 0 Å². The lowest BCUT2D eigenvalue weighted by molar-refractivity contribution is -0.282. The van der Waals surface area contributed by atoms with Crippen LogP contribution in [0.4, 0.5) is 13.2 Å². The Hall–Kier alpha value is 0.0300. The highest BCUT2D eigenvalue weighted by molar-refractivity contribution is 8.22. The van der Waals surface area contributed by atoms with E-state index in [9.17, 15) is 13.2 Å². The summed E-state index contributed by atoms with van der Waals surface area (Å²) in [5, 5.41) is 0. The average Bonchev–Trinajstić information content (AvgIpc) is 3.15. The number of rotatable bonds is 6. The molecule has 36 heavy (non-hydrogen) atoms. The van der Waals surface area contributed by atoms with Crippen LogP contribution in [-0.2, 0) is 4.74 Å². The van der Waals surface area contributed by atoms with Gasteiger partial charge in [-0.25, -0.2) is 0 Å². The first-order valence-electron chi connectivity index (χ1n) is 14.6. The van der Waals surface area contributed by atoms with Crippen LogP contribution in [0.15, 0.2) is 0 Å². The Morgan fingerprint density at radius 2 is 1.64 bits per heavy atom. The third kappa shape index (κ3) is 5.02. The Morgan fingerprint density at radius 3 is 2.28 bits per heavy atom. The molecule has 0 bridgehead atoms. The summed E-state index contributed by atoms with van der Waals surface area (Å²) in [6, 6.07) is 0. The van der Waals surface area contributed by atoms with Crippen LogP contribution in [0.5, 0.6) is 0 Å². The molecule has 0 aromatic rings. The van der Waals surface area contributed by atoms with Crippen LogP contribution in [0.1, 0.15) is 112 Å². The third-order valence-electron chi connectivity index (χ3n) is 11.9. The smallest absolute Gasteiger partial charge is 0.428 e. The molecule has 4 fully saturated rings. The van der Waals surface area contributed by atoms with Crippen molar-refractivity contribution in [1.82, 2.24) is 0 Å². The quantitative estimate of drug-likeness (QED) is 0.307. The Bertz CT molecular complexity index is 800. The predicted octanol–water partition coefficient (Wildman–Crippen LogP) is 10.1. The lowest BCUT2D eigenvalue weighted by Crippen LogP contribution is -2.60. The minimum absolute atomic E-state index is 0.00962. The maximum absolute atomic E-state index is 14.4. The van der Waals surface area contributed by atoms with E-state index in [4.69, 9.17) is 17.0 Å². The van der Waals surface area contributed by atoms with E-state index >= 15 is 0 Å². The number of thioether (sulfide) groups is 1.